The van der Waals surface area contributed by atoms with Crippen molar-refractivity contribution in [1.82, 2.24) is 0 Å². The number of allylic oxidation sites excluding steroid dienone is 2. The Balaban J connectivity index is 1.84. The van der Waals surface area contributed by atoms with Gasteiger partial charge in [0.15, 0.2) is 0 Å². The fourth-order valence-corrected chi connectivity index (χ4v) is 3.30. The SMILES string of the molecule is Cc1cccc(N2C(=O)S/C(=C\C=C\c3ccccc3[N+](=O)[O-])C2=O)c1. The van der Waals surface area contributed by atoms with Crippen LogP contribution in [-0.4, -0.2) is 16.1 Å². The van der Waals surface area contributed by atoms with E-state index in [0.29, 0.717) is 11.3 Å². The summed E-state index contributed by atoms with van der Waals surface area (Å²) in [6.45, 7) is 1.88. The van der Waals surface area contributed by atoms with Crippen molar-refractivity contribution in [3.05, 3.63) is 86.8 Å². The van der Waals surface area contributed by atoms with Crippen molar-refractivity contribution in [2.45, 2.75) is 6.92 Å². The van der Waals surface area contributed by atoms with E-state index < -0.39 is 10.8 Å². The number of aryl methyl sites for hydroxylation is 1. The highest BCUT2D eigenvalue weighted by molar-refractivity contribution is 8.18. The Hall–Kier alpha value is -3.19. The lowest BCUT2D eigenvalue weighted by Crippen LogP contribution is -2.27. The van der Waals surface area contributed by atoms with Gasteiger partial charge in [0.2, 0.25) is 0 Å². The number of rotatable bonds is 4. The highest BCUT2D eigenvalue weighted by atomic mass is 32.2. The molecule has 0 saturated carbocycles. The Kier molecular flexibility index (Phi) is 4.99. The minimum Gasteiger partial charge on any atom is -0.268 e. The van der Waals surface area contributed by atoms with Gasteiger partial charge in [0.1, 0.15) is 0 Å². The summed E-state index contributed by atoms with van der Waals surface area (Å²) in [5, 5.41) is 10.6. The molecule has 6 nitrogen and oxygen atoms in total. The molecule has 1 fully saturated rings. The van der Waals surface area contributed by atoms with Crippen LogP contribution in [0, 0.1) is 17.0 Å². The van der Waals surface area contributed by atoms with Crippen LogP contribution in [0.2, 0.25) is 0 Å². The summed E-state index contributed by atoms with van der Waals surface area (Å²) in [7, 11) is 0. The zero-order valence-electron chi connectivity index (χ0n) is 13.8. The normalized spacial score (nSPS) is 16.0. The Labute approximate surface area is 154 Å². The number of thioether (sulfide) groups is 1. The van der Waals surface area contributed by atoms with Gasteiger partial charge in [-0.25, -0.2) is 4.90 Å². The van der Waals surface area contributed by atoms with Gasteiger partial charge >= 0.3 is 0 Å². The molecule has 0 spiro atoms. The molecule has 0 bridgehead atoms. The van der Waals surface area contributed by atoms with Crippen LogP contribution in [0.4, 0.5) is 16.2 Å². The van der Waals surface area contributed by atoms with Crippen molar-refractivity contribution in [3.8, 4) is 0 Å². The van der Waals surface area contributed by atoms with Gasteiger partial charge in [0, 0.05) is 6.07 Å². The van der Waals surface area contributed by atoms with Gasteiger partial charge in [-0.1, -0.05) is 30.3 Å². The number of para-hydroxylation sites is 1. The van der Waals surface area contributed by atoms with E-state index in [9.17, 15) is 19.7 Å². The molecule has 1 aliphatic heterocycles. The molecule has 26 heavy (non-hydrogen) atoms. The average molecular weight is 366 g/mol. The first-order valence-electron chi connectivity index (χ1n) is 7.72. The largest absolute Gasteiger partial charge is 0.298 e. The molecule has 130 valence electrons. The van der Waals surface area contributed by atoms with Crippen LogP contribution < -0.4 is 4.90 Å². The number of nitrogens with zero attached hydrogens (tertiary/aromatic N) is 2. The van der Waals surface area contributed by atoms with Gasteiger partial charge in [-0.15, -0.1) is 0 Å². The number of anilines is 1. The van der Waals surface area contributed by atoms with Gasteiger partial charge in [0.05, 0.1) is 21.1 Å². The van der Waals surface area contributed by atoms with Crippen molar-refractivity contribution in [1.29, 1.82) is 0 Å². The number of imide groups is 1. The van der Waals surface area contributed by atoms with E-state index in [4.69, 9.17) is 0 Å². The molecule has 3 rings (SSSR count). The van der Waals surface area contributed by atoms with E-state index in [0.717, 1.165) is 22.2 Å². The number of hydrogen-bond acceptors (Lipinski definition) is 5. The zero-order valence-corrected chi connectivity index (χ0v) is 14.6. The summed E-state index contributed by atoms with van der Waals surface area (Å²) in [6.07, 6.45) is 4.58. The topological polar surface area (TPSA) is 80.5 Å². The molecule has 2 aromatic carbocycles. The van der Waals surface area contributed by atoms with Crippen LogP contribution in [0.25, 0.3) is 6.08 Å². The van der Waals surface area contributed by atoms with Crippen LogP contribution in [-0.2, 0) is 4.79 Å². The Morgan fingerprint density at radius 3 is 2.62 bits per heavy atom. The minimum atomic E-state index is -0.467. The number of nitro groups is 1. The summed E-state index contributed by atoms with van der Waals surface area (Å²) in [5.74, 6) is -0.405. The van der Waals surface area contributed by atoms with E-state index in [1.807, 2.05) is 13.0 Å². The lowest BCUT2D eigenvalue weighted by atomic mass is 10.1. The lowest BCUT2D eigenvalue weighted by molar-refractivity contribution is -0.385. The highest BCUT2D eigenvalue weighted by Gasteiger charge is 2.35. The van der Waals surface area contributed by atoms with Crippen LogP contribution in [0.15, 0.2) is 65.6 Å². The predicted octanol–water partition coefficient (Wildman–Crippen LogP) is 4.70. The number of benzene rings is 2. The minimum absolute atomic E-state index is 0.0231. The van der Waals surface area contributed by atoms with E-state index in [1.165, 1.54) is 18.2 Å². The summed E-state index contributed by atoms with van der Waals surface area (Å²) in [6, 6.07) is 13.4. The molecule has 1 saturated heterocycles. The number of carbonyl (C=O) groups is 2. The van der Waals surface area contributed by atoms with Crippen molar-refractivity contribution in [2.24, 2.45) is 0 Å². The summed E-state index contributed by atoms with van der Waals surface area (Å²) in [5.41, 5.74) is 1.87. The Morgan fingerprint density at radius 2 is 1.88 bits per heavy atom. The van der Waals surface area contributed by atoms with E-state index >= 15 is 0 Å². The standard InChI is InChI=1S/C19H14N2O4S/c1-13-6-4-9-15(12-13)20-18(22)17(26-19(20)23)11-5-8-14-7-2-3-10-16(14)21(24)25/h2-12H,1H3/b8-5+,17-11-. The highest BCUT2D eigenvalue weighted by Crippen LogP contribution is 2.34. The molecule has 0 atom stereocenters. The van der Waals surface area contributed by atoms with Gasteiger partial charge in [0.25, 0.3) is 16.8 Å². The van der Waals surface area contributed by atoms with Gasteiger partial charge in [-0.2, -0.15) is 0 Å². The summed E-state index contributed by atoms with van der Waals surface area (Å²) in [4.78, 5) is 36.7. The molecule has 0 aromatic heterocycles. The molecule has 1 aliphatic rings. The van der Waals surface area contributed by atoms with E-state index in [-0.39, 0.29) is 15.8 Å². The maximum absolute atomic E-state index is 12.5. The maximum atomic E-state index is 12.5. The van der Waals surface area contributed by atoms with Crippen LogP contribution in [0.3, 0.4) is 0 Å². The fourth-order valence-electron chi connectivity index (χ4n) is 2.51. The quantitative estimate of drug-likeness (QED) is 0.445. The number of hydrogen-bond donors (Lipinski definition) is 0. The van der Waals surface area contributed by atoms with Crippen LogP contribution >= 0.6 is 11.8 Å². The number of carbonyl (C=O) groups excluding carboxylic acids is 2. The van der Waals surface area contributed by atoms with E-state index in [1.54, 1.807) is 42.5 Å². The Bertz CT molecular complexity index is 966. The number of amides is 2. The maximum Gasteiger partial charge on any atom is 0.298 e. The van der Waals surface area contributed by atoms with E-state index in [2.05, 4.69) is 0 Å². The molecule has 0 radical (unpaired) electrons. The monoisotopic (exact) mass is 366 g/mol. The van der Waals surface area contributed by atoms with Crippen LogP contribution in [0.5, 0.6) is 0 Å². The predicted molar refractivity (Wildman–Crippen MR) is 102 cm³/mol. The average Bonchev–Trinajstić information content (AvgIpc) is 2.89. The molecule has 0 unspecified atom stereocenters. The third-order valence-electron chi connectivity index (χ3n) is 3.71. The van der Waals surface area contributed by atoms with Crippen molar-refractivity contribution in [2.75, 3.05) is 4.90 Å². The molecule has 7 heteroatoms. The molecule has 1 heterocycles. The van der Waals surface area contributed by atoms with Crippen molar-refractivity contribution >= 4 is 40.4 Å². The van der Waals surface area contributed by atoms with Gasteiger partial charge < -0.3 is 0 Å². The fraction of sp³-hybridized carbons (Fsp3) is 0.0526. The second kappa shape index (κ2) is 7.37. The van der Waals surface area contributed by atoms with Crippen molar-refractivity contribution in [3.63, 3.8) is 0 Å². The molecule has 2 amide bonds. The lowest BCUT2D eigenvalue weighted by Gasteiger charge is -2.12. The smallest absolute Gasteiger partial charge is 0.268 e. The number of nitro benzene ring substituents is 1. The van der Waals surface area contributed by atoms with Crippen LogP contribution in [0.1, 0.15) is 11.1 Å². The summed E-state index contributed by atoms with van der Waals surface area (Å²) < 4.78 is 0. The summed E-state index contributed by atoms with van der Waals surface area (Å²) >= 11 is 0.842. The molecular weight excluding hydrogens is 352 g/mol. The first-order chi connectivity index (χ1) is 12.5. The second-order valence-corrected chi connectivity index (χ2v) is 6.55. The van der Waals surface area contributed by atoms with Crippen molar-refractivity contribution < 1.29 is 14.5 Å². The van der Waals surface area contributed by atoms with Gasteiger partial charge in [-0.3, -0.25) is 19.7 Å². The zero-order chi connectivity index (χ0) is 18.7. The first kappa shape index (κ1) is 17.6. The third-order valence-corrected chi connectivity index (χ3v) is 4.60. The first-order valence-corrected chi connectivity index (χ1v) is 8.54. The third kappa shape index (κ3) is 3.57. The second-order valence-electron chi connectivity index (χ2n) is 5.55. The van der Waals surface area contributed by atoms with Gasteiger partial charge in [-0.05, 0) is 54.6 Å². The molecular formula is C19H14N2O4S. The molecule has 2 aromatic rings. The molecule has 0 aliphatic carbocycles. The Morgan fingerprint density at radius 1 is 1.12 bits per heavy atom. The molecule has 0 N–H and O–H groups in total.